The van der Waals surface area contributed by atoms with Gasteiger partial charge in [0, 0.05) is 26.2 Å². The number of likely N-dealkylation sites (N-methyl/N-ethyl adjacent to an activating group) is 1. The molecule has 0 aromatic rings. The molecule has 0 aliphatic carbocycles. The molecule has 16 heavy (non-hydrogen) atoms. The van der Waals surface area contributed by atoms with E-state index in [1.807, 2.05) is 18.7 Å². The first-order chi connectivity index (χ1) is 7.52. The van der Waals surface area contributed by atoms with Crippen LogP contribution in [0.15, 0.2) is 12.2 Å². The summed E-state index contributed by atoms with van der Waals surface area (Å²) in [5.74, 6) is 0.125. The Labute approximate surface area is 97.5 Å². The Hall–Kier alpha value is -0.870. The molecule has 1 unspecified atom stereocenters. The highest BCUT2D eigenvalue weighted by molar-refractivity contribution is 5.78. The average molecular weight is 226 g/mol. The zero-order valence-corrected chi connectivity index (χ0v) is 10.3. The van der Waals surface area contributed by atoms with Crippen LogP contribution in [0.2, 0.25) is 0 Å². The lowest BCUT2D eigenvalue weighted by Crippen LogP contribution is -2.40. The molecule has 0 radical (unpaired) electrons. The Morgan fingerprint density at radius 1 is 1.62 bits per heavy atom. The summed E-state index contributed by atoms with van der Waals surface area (Å²) in [6.07, 6.45) is 0.518. The maximum Gasteiger partial charge on any atom is 0.237 e. The molecule has 1 saturated heterocycles. The van der Waals surface area contributed by atoms with Crippen molar-refractivity contribution in [3.05, 3.63) is 12.2 Å². The van der Waals surface area contributed by atoms with E-state index in [1.54, 1.807) is 4.90 Å². The smallest absolute Gasteiger partial charge is 0.237 e. The van der Waals surface area contributed by atoms with Gasteiger partial charge in [0.25, 0.3) is 0 Å². The fourth-order valence-electron chi connectivity index (χ4n) is 1.95. The van der Waals surface area contributed by atoms with Gasteiger partial charge in [-0.25, -0.2) is 0 Å². The van der Waals surface area contributed by atoms with Crippen molar-refractivity contribution in [2.24, 2.45) is 0 Å². The van der Waals surface area contributed by atoms with E-state index in [0.717, 1.165) is 18.5 Å². The van der Waals surface area contributed by atoms with Crippen molar-refractivity contribution in [3.63, 3.8) is 0 Å². The summed E-state index contributed by atoms with van der Waals surface area (Å²) < 4.78 is 0. The zero-order valence-electron chi connectivity index (χ0n) is 10.3. The van der Waals surface area contributed by atoms with E-state index in [-0.39, 0.29) is 12.0 Å². The van der Waals surface area contributed by atoms with Crippen molar-refractivity contribution in [1.29, 1.82) is 0 Å². The molecule has 4 nitrogen and oxygen atoms in total. The van der Waals surface area contributed by atoms with Crippen LogP contribution in [0.1, 0.15) is 20.3 Å². The predicted octanol–water partition coefficient (Wildman–Crippen LogP) is 0.478. The molecule has 0 aromatic carbocycles. The van der Waals surface area contributed by atoms with Crippen molar-refractivity contribution in [2.75, 3.05) is 32.7 Å². The van der Waals surface area contributed by atoms with Crippen LogP contribution in [0.5, 0.6) is 0 Å². The number of carbonyl (C=O) groups excluding carboxylic acids is 1. The van der Waals surface area contributed by atoms with E-state index < -0.39 is 0 Å². The number of carbonyl (C=O) groups is 1. The molecule has 0 saturated carbocycles. The molecule has 92 valence electrons. The van der Waals surface area contributed by atoms with Crippen molar-refractivity contribution in [3.8, 4) is 0 Å². The van der Waals surface area contributed by atoms with Gasteiger partial charge in [-0.05, 0) is 20.3 Å². The first kappa shape index (κ1) is 13.2. The first-order valence-electron chi connectivity index (χ1n) is 5.85. The van der Waals surface area contributed by atoms with E-state index in [9.17, 15) is 9.90 Å². The molecule has 1 aliphatic heterocycles. The third kappa shape index (κ3) is 3.94. The number of aliphatic hydroxyl groups excluding tert-OH is 1. The highest BCUT2D eigenvalue weighted by Crippen LogP contribution is 2.09. The van der Waals surface area contributed by atoms with Gasteiger partial charge in [0.1, 0.15) is 0 Å². The summed E-state index contributed by atoms with van der Waals surface area (Å²) in [5.41, 5.74) is 0.997. The quantitative estimate of drug-likeness (QED) is 0.693. The van der Waals surface area contributed by atoms with Gasteiger partial charge in [0.05, 0.1) is 12.6 Å². The van der Waals surface area contributed by atoms with Gasteiger partial charge < -0.3 is 10.0 Å². The van der Waals surface area contributed by atoms with Crippen LogP contribution in [0.4, 0.5) is 0 Å². The third-order valence-corrected chi connectivity index (χ3v) is 2.80. The molecule has 0 spiro atoms. The SMILES string of the molecule is C=C(C)CN(CC)C(=O)CN1CCC(O)C1. The van der Waals surface area contributed by atoms with Gasteiger partial charge >= 0.3 is 0 Å². The molecule has 1 aliphatic rings. The number of hydrogen-bond acceptors (Lipinski definition) is 3. The van der Waals surface area contributed by atoms with Gasteiger partial charge in [-0.15, -0.1) is 0 Å². The van der Waals surface area contributed by atoms with Crippen molar-refractivity contribution < 1.29 is 9.90 Å². The molecule has 1 fully saturated rings. The predicted molar refractivity (Wildman–Crippen MR) is 64.1 cm³/mol. The third-order valence-electron chi connectivity index (χ3n) is 2.80. The lowest BCUT2D eigenvalue weighted by Gasteiger charge is -2.24. The van der Waals surface area contributed by atoms with Gasteiger partial charge in [0.2, 0.25) is 5.91 Å². The van der Waals surface area contributed by atoms with Crippen LogP contribution in [0, 0.1) is 0 Å². The molecule has 1 heterocycles. The second kappa shape index (κ2) is 6.01. The van der Waals surface area contributed by atoms with Crippen LogP contribution >= 0.6 is 0 Å². The minimum Gasteiger partial charge on any atom is -0.392 e. The topological polar surface area (TPSA) is 43.8 Å². The molecule has 1 atom stereocenters. The summed E-state index contributed by atoms with van der Waals surface area (Å²) in [6.45, 7) is 10.9. The number of nitrogens with zero attached hydrogens (tertiary/aromatic N) is 2. The van der Waals surface area contributed by atoms with E-state index >= 15 is 0 Å². The Bertz CT molecular complexity index is 266. The molecular formula is C12H22N2O2. The molecule has 0 aromatic heterocycles. The number of aliphatic hydroxyl groups is 1. The summed E-state index contributed by atoms with van der Waals surface area (Å²) >= 11 is 0. The average Bonchev–Trinajstić information content (AvgIpc) is 2.60. The molecule has 0 bridgehead atoms. The normalized spacial score (nSPS) is 21.1. The summed E-state index contributed by atoms with van der Waals surface area (Å²) in [5, 5.41) is 9.37. The maximum atomic E-state index is 11.9. The largest absolute Gasteiger partial charge is 0.392 e. The van der Waals surface area contributed by atoms with E-state index in [2.05, 4.69) is 6.58 Å². The lowest BCUT2D eigenvalue weighted by molar-refractivity contribution is -0.131. The molecule has 1 amide bonds. The standard InChI is InChI=1S/C12H22N2O2/c1-4-14(7-10(2)3)12(16)9-13-6-5-11(15)8-13/h11,15H,2,4-9H2,1,3H3. The van der Waals surface area contributed by atoms with Crippen LogP contribution < -0.4 is 0 Å². The zero-order chi connectivity index (χ0) is 12.1. The van der Waals surface area contributed by atoms with Gasteiger partial charge in [-0.1, -0.05) is 12.2 Å². The van der Waals surface area contributed by atoms with Crippen LogP contribution in [0.3, 0.4) is 0 Å². The van der Waals surface area contributed by atoms with Gasteiger partial charge in [0.15, 0.2) is 0 Å². The number of amides is 1. The fraction of sp³-hybridized carbons (Fsp3) is 0.750. The van der Waals surface area contributed by atoms with E-state index in [0.29, 0.717) is 26.2 Å². The van der Waals surface area contributed by atoms with E-state index in [1.165, 1.54) is 0 Å². The Morgan fingerprint density at radius 3 is 2.75 bits per heavy atom. The lowest BCUT2D eigenvalue weighted by atomic mass is 10.3. The Balaban J connectivity index is 2.40. The van der Waals surface area contributed by atoms with Crippen molar-refractivity contribution in [1.82, 2.24) is 9.80 Å². The number of hydrogen-bond donors (Lipinski definition) is 1. The Morgan fingerprint density at radius 2 is 2.31 bits per heavy atom. The van der Waals surface area contributed by atoms with Crippen LogP contribution in [0.25, 0.3) is 0 Å². The van der Waals surface area contributed by atoms with Gasteiger partial charge in [-0.3, -0.25) is 9.69 Å². The first-order valence-corrected chi connectivity index (χ1v) is 5.85. The second-order valence-corrected chi connectivity index (χ2v) is 4.54. The highest BCUT2D eigenvalue weighted by atomic mass is 16.3. The van der Waals surface area contributed by atoms with Crippen molar-refractivity contribution >= 4 is 5.91 Å². The molecule has 4 heteroatoms. The molecule has 1 N–H and O–H groups in total. The minimum absolute atomic E-state index is 0.125. The van der Waals surface area contributed by atoms with E-state index in [4.69, 9.17) is 0 Å². The second-order valence-electron chi connectivity index (χ2n) is 4.54. The molecule has 1 rings (SSSR count). The summed E-state index contributed by atoms with van der Waals surface area (Å²) in [7, 11) is 0. The summed E-state index contributed by atoms with van der Waals surface area (Å²) in [4.78, 5) is 15.7. The van der Waals surface area contributed by atoms with Crippen LogP contribution in [-0.4, -0.2) is 59.6 Å². The number of likely N-dealkylation sites (tertiary alicyclic amines) is 1. The Kier molecular flexibility index (Phi) is 4.96. The maximum absolute atomic E-state index is 11.9. The number of β-amino-alcohol motifs (C(OH)–C–C–N with tert-alkyl or cyclic N) is 1. The van der Waals surface area contributed by atoms with Crippen LogP contribution in [-0.2, 0) is 4.79 Å². The summed E-state index contributed by atoms with van der Waals surface area (Å²) in [6, 6.07) is 0. The van der Waals surface area contributed by atoms with Gasteiger partial charge in [-0.2, -0.15) is 0 Å². The monoisotopic (exact) mass is 226 g/mol. The minimum atomic E-state index is -0.260. The molecular weight excluding hydrogens is 204 g/mol. The van der Waals surface area contributed by atoms with Crippen molar-refractivity contribution in [2.45, 2.75) is 26.4 Å². The fourth-order valence-corrected chi connectivity index (χ4v) is 1.95. The highest BCUT2D eigenvalue weighted by Gasteiger charge is 2.23. The number of rotatable bonds is 5.